The van der Waals surface area contributed by atoms with Gasteiger partial charge in [0.05, 0.1) is 12.2 Å². The van der Waals surface area contributed by atoms with Gasteiger partial charge in [0, 0.05) is 17.3 Å². The van der Waals surface area contributed by atoms with Gasteiger partial charge in [0.15, 0.2) is 0 Å². The summed E-state index contributed by atoms with van der Waals surface area (Å²) in [6, 6.07) is 0.520. The topological polar surface area (TPSA) is 21.1 Å². The predicted octanol–water partition coefficient (Wildman–Crippen LogP) is 3.27. The van der Waals surface area contributed by atoms with E-state index in [1.807, 2.05) is 6.20 Å². The minimum absolute atomic E-state index is 0.227. The maximum Gasteiger partial charge on any atom is 0.0554 e. The predicted molar refractivity (Wildman–Crippen MR) is 75.8 cm³/mol. The fraction of sp³-hybridized carbons (Fsp3) is 0.800. The standard InChI is InChI=1S/C15H27N3/c1-7-12-10-16-18(11-12)13-8-14(2,3)17(6)15(4,5)9-13/h10-11,13H,7-9H2,1-6H3. The van der Waals surface area contributed by atoms with Crippen LogP contribution in [0.2, 0.25) is 0 Å². The van der Waals surface area contributed by atoms with Crippen LogP contribution in [-0.4, -0.2) is 32.8 Å². The molecule has 3 heteroatoms. The van der Waals surface area contributed by atoms with Crippen LogP contribution in [0, 0.1) is 0 Å². The van der Waals surface area contributed by atoms with Gasteiger partial charge >= 0.3 is 0 Å². The van der Waals surface area contributed by atoms with Crippen LogP contribution in [-0.2, 0) is 6.42 Å². The first-order valence-corrected chi connectivity index (χ1v) is 7.03. The third-order valence-corrected chi connectivity index (χ3v) is 4.72. The van der Waals surface area contributed by atoms with Gasteiger partial charge in [0.2, 0.25) is 0 Å². The SMILES string of the molecule is CCc1cnn(C2CC(C)(C)N(C)C(C)(C)C2)c1. The van der Waals surface area contributed by atoms with Crippen molar-refractivity contribution in [2.24, 2.45) is 0 Å². The number of hydrogen-bond donors (Lipinski definition) is 0. The van der Waals surface area contributed by atoms with Gasteiger partial charge in [0.25, 0.3) is 0 Å². The molecule has 0 aliphatic carbocycles. The second-order valence-electron chi connectivity index (χ2n) is 6.93. The van der Waals surface area contributed by atoms with Crippen LogP contribution < -0.4 is 0 Å². The van der Waals surface area contributed by atoms with Gasteiger partial charge in [-0.15, -0.1) is 0 Å². The van der Waals surface area contributed by atoms with Gasteiger partial charge in [-0.3, -0.25) is 9.58 Å². The molecule has 1 aromatic heterocycles. The quantitative estimate of drug-likeness (QED) is 0.802. The Hall–Kier alpha value is -0.830. The van der Waals surface area contributed by atoms with E-state index < -0.39 is 0 Å². The Morgan fingerprint density at radius 3 is 2.22 bits per heavy atom. The smallest absolute Gasteiger partial charge is 0.0554 e. The zero-order chi connectivity index (χ0) is 13.6. The lowest BCUT2D eigenvalue weighted by Crippen LogP contribution is -2.58. The van der Waals surface area contributed by atoms with Gasteiger partial charge in [-0.05, 0) is 59.6 Å². The molecule has 1 fully saturated rings. The Bertz CT molecular complexity index is 399. The molecule has 1 saturated heterocycles. The Morgan fingerprint density at radius 1 is 1.22 bits per heavy atom. The van der Waals surface area contributed by atoms with E-state index in [0.29, 0.717) is 6.04 Å². The highest BCUT2D eigenvalue weighted by Crippen LogP contribution is 2.42. The van der Waals surface area contributed by atoms with E-state index in [9.17, 15) is 0 Å². The third kappa shape index (κ3) is 2.33. The molecule has 0 spiro atoms. The minimum Gasteiger partial charge on any atom is -0.296 e. The van der Waals surface area contributed by atoms with Crippen LogP contribution in [0.5, 0.6) is 0 Å². The molecule has 18 heavy (non-hydrogen) atoms. The first kappa shape index (κ1) is 13.6. The maximum absolute atomic E-state index is 4.56. The molecule has 3 nitrogen and oxygen atoms in total. The van der Waals surface area contributed by atoms with Gasteiger partial charge in [-0.1, -0.05) is 6.92 Å². The van der Waals surface area contributed by atoms with Crippen molar-refractivity contribution in [3.63, 3.8) is 0 Å². The van der Waals surface area contributed by atoms with Crippen molar-refractivity contribution in [3.8, 4) is 0 Å². The highest BCUT2D eigenvalue weighted by molar-refractivity contribution is 5.06. The van der Waals surface area contributed by atoms with Gasteiger partial charge in [0.1, 0.15) is 0 Å². The second-order valence-corrected chi connectivity index (χ2v) is 6.93. The van der Waals surface area contributed by atoms with E-state index in [-0.39, 0.29) is 11.1 Å². The average molecular weight is 249 g/mol. The summed E-state index contributed by atoms with van der Waals surface area (Å²) < 4.78 is 2.19. The Morgan fingerprint density at radius 2 is 1.78 bits per heavy atom. The van der Waals surface area contributed by atoms with Crippen LogP contribution in [0.3, 0.4) is 0 Å². The molecule has 0 radical (unpaired) electrons. The molecule has 0 unspecified atom stereocenters. The summed E-state index contributed by atoms with van der Waals surface area (Å²) in [5.41, 5.74) is 1.79. The molecule has 1 aliphatic rings. The number of rotatable bonds is 2. The number of aromatic nitrogens is 2. The molecule has 2 rings (SSSR count). The fourth-order valence-electron chi connectivity index (χ4n) is 3.27. The fourth-order valence-corrected chi connectivity index (χ4v) is 3.27. The zero-order valence-corrected chi connectivity index (χ0v) is 12.7. The number of hydrogen-bond acceptors (Lipinski definition) is 2. The average Bonchev–Trinajstić information content (AvgIpc) is 2.73. The van der Waals surface area contributed by atoms with Crippen molar-refractivity contribution >= 4 is 0 Å². The molecule has 0 amide bonds. The van der Waals surface area contributed by atoms with E-state index in [0.717, 1.165) is 19.3 Å². The molecule has 0 aromatic carbocycles. The van der Waals surface area contributed by atoms with Crippen molar-refractivity contribution in [2.45, 2.75) is 71.0 Å². The summed E-state index contributed by atoms with van der Waals surface area (Å²) in [6.45, 7) is 11.5. The maximum atomic E-state index is 4.56. The van der Waals surface area contributed by atoms with Crippen LogP contribution in [0.1, 0.15) is 59.1 Å². The van der Waals surface area contributed by atoms with Crippen molar-refractivity contribution in [1.29, 1.82) is 0 Å². The summed E-state index contributed by atoms with van der Waals surface area (Å²) in [5.74, 6) is 0. The Kier molecular flexibility index (Phi) is 3.30. The molecule has 102 valence electrons. The first-order chi connectivity index (χ1) is 8.26. The summed E-state index contributed by atoms with van der Waals surface area (Å²) in [6.07, 6.45) is 7.63. The summed E-state index contributed by atoms with van der Waals surface area (Å²) >= 11 is 0. The van der Waals surface area contributed by atoms with E-state index in [1.54, 1.807) is 0 Å². The van der Waals surface area contributed by atoms with Gasteiger partial charge in [-0.2, -0.15) is 5.10 Å². The van der Waals surface area contributed by atoms with Gasteiger partial charge < -0.3 is 0 Å². The molecule has 0 bridgehead atoms. The van der Waals surface area contributed by atoms with Crippen molar-refractivity contribution in [1.82, 2.24) is 14.7 Å². The number of aryl methyl sites for hydroxylation is 1. The first-order valence-electron chi connectivity index (χ1n) is 7.03. The lowest BCUT2D eigenvalue weighted by Gasteiger charge is -2.53. The molecular formula is C15H27N3. The van der Waals surface area contributed by atoms with E-state index >= 15 is 0 Å². The number of piperidine rings is 1. The third-order valence-electron chi connectivity index (χ3n) is 4.72. The van der Waals surface area contributed by atoms with Gasteiger partial charge in [-0.25, -0.2) is 0 Å². The van der Waals surface area contributed by atoms with E-state index in [2.05, 4.69) is 62.5 Å². The highest BCUT2D eigenvalue weighted by Gasteiger charge is 2.43. The molecule has 0 N–H and O–H groups in total. The molecule has 2 heterocycles. The van der Waals surface area contributed by atoms with Crippen molar-refractivity contribution < 1.29 is 0 Å². The summed E-state index contributed by atoms with van der Waals surface area (Å²) in [5, 5.41) is 4.56. The molecule has 1 aromatic rings. The number of nitrogens with zero attached hydrogens (tertiary/aromatic N) is 3. The Balaban J connectivity index is 2.25. The monoisotopic (exact) mass is 249 g/mol. The largest absolute Gasteiger partial charge is 0.296 e. The van der Waals surface area contributed by atoms with Crippen LogP contribution in [0.25, 0.3) is 0 Å². The van der Waals surface area contributed by atoms with Crippen molar-refractivity contribution in [2.75, 3.05) is 7.05 Å². The Labute approximate surface area is 111 Å². The lowest BCUT2D eigenvalue weighted by molar-refractivity contribution is -0.0285. The van der Waals surface area contributed by atoms with E-state index in [1.165, 1.54) is 5.56 Å². The molecule has 1 aliphatic heterocycles. The van der Waals surface area contributed by atoms with E-state index in [4.69, 9.17) is 0 Å². The normalized spacial score (nSPS) is 24.3. The summed E-state index contributed by atoms with van der Waals surface area (Å²) in [7, 11) is 2.25. The molecule has 0 saturated carbocycles. The molecule has 0 atom stereocenters. The van der Waals surface area contributed by atoms with Crippen molar-refractivity contribution in [3.05, 3.63) is 18.0 Å². The molecular weight excluding hydrogens is 222 g/mol. The second kappa shape index (κ2) is 4.37. The minimum atomic E-state index is 0.227. The summed E-state index contributed by atoms with van der Waals surface area (Å²) in [4.78, 5) is 2.51. The zero-order valence-electron chi connectivity index (χ0n) is 12.7. The number of likely N-dealkylation sites (tertiary alicyclic amines) is 1. The van der Waals surface area contributed by atoms with Crippen LogP contribution >= 0.6 is 0 Å². The van der Waals surface area contributed by atoms with Crippen LogP contribution in [0.15, 0.2) is 12.4 Å². The lowest BCUT2D eigenvalue weighted by atomic mass is 9.77. The van der Waals surface area contributed by atoms with Crippen LogP contribution in [0.4, 0.5) is 0 Å². The highest BCUT2D eigenvalue weighted by atomic mass is 15.3.